The fourth-order valence-electron chi connectivity index (χ4n) is 3.12. The molecule has 0 spiro atoms. The minimum Gasteiger partial charge on any atom is -0.379 e. The number of nitrogens with zero attached hydrogens (tertiary/aromatic N) is 2. The van der Waals surface area contributed by atoms with E-state index in [0.29, 0.717) is 30.1 Å². The Kier molecular flexibility index (Phi) is 5.31. The Morgan fingerprint density at radius 3 is 2.76 bits per heavy atom. The zero-order valence-electron chi connectivity index (χ0n) is 13.4. The van der Waals surface area contributed by atoms with Gasteiger partial charge in [-0.3, -0.25) is 4.79 Å². The fraction of sp³-hybridized carbons (Fsp3) is 0.750. The lowest BCUT2D eigenvalue weighted by atomic mass is 9.80. The molecule has 21 heavy (non-hydrogen) atoms. The first-order valence-electron chi connectivity index (χ1n) is 7.90. The molecule has 3 atom stereocenters. The predicted octanol–water partition coefficient (Wildman–Crippen LogP) is 3.79. The molecule has 0 aliphatic heterocycles. The van der Waals surface area contributed by atoms with E-state index in [1.165, 1.54) is 17.5 Å². The number of hydrogen-bond donors (Lipinski definition) is 1. The smallest absolute Gasteiger partial charge is 0.287 e. The standard InChI is InChI=1S/C16H26ClN3O/c1-10(2)9-20-16(21)15(17)14(8-18-20)19-13-6-5-11(3)7-12(13)4/h8,10-13,19H,5-7,9H2,1-4H3. The van der Waals surface area contributed by atoms with Gasteiger partial charge in [-0.15, -0.1) is 0 Å². The third kappa shape index (κ3) is 4.00. The molecule has 1 aliphatic carbocycles. The number of aromatic nitrogens is 2. The highest BCUT2D eigenvalue weighted by Gasteiger charge is 2.26. The Bertz CT molecular complexity index is 541. The lowest BCUT2D eigenvalue weighted by molar-refractivity contribution is 0.276. The highest BCUT2D eigenvalue weighted by molar-refractivity contribution is 6.32. The summed E-state index contributed by atoms with van der Waals surface area (Å²) in [6.45, 7) is 9.26. The van der Waals surface area contributed by atoms with Crippen molar-refractivity contribution in [2.75, 3.05) is 5.32 Å². The number of anilines is 1. The number of hydrogen-bond acceptors (Lipinski definition) is 3. The second kappa shape index (κ2) is 6.82. The van der Waals surface area contributed by atoms with Crippen LogP contribution in [0, 0.1) is 17.8 Å². The van der Waals surface area contributed by atoms with Crippen LogP contribution in [0.25, 0.3) is 0 Å². The molecule has 1 N–H and O–H groups in total. The van der Waals surface area contributed by atoms with E-state index in [4.69, 9.17) is 11.6 Å². The van der Waals surface area contributed by atoms with Crippen molar-refractivity contribution in [3.63, 3.8) is 0 Å². The van der Waals surface area contributed by atoms with E-state index < -0.39 is 0 Å². The van der Waals surface area contributed by atoms with Crippen LogP contribution in [0.1, 0.15) is 47.0 Å². The molecule has 0 radical (unpaired) electrons. The number of rotatable bonds is 4. The van der Waals surface area contributed by atoms with Crippen molar-refractivity contribution >= 4 is 17.3 Å². The molecule has 0 bridgehead atoms. The maximum Gasteiger partial charge on any atom is 0.287 e. The van der Waals surface area contributed by atoms with Crippen LogP contribution in [0.5, 0.6) is 0 Å². The average Bonchev–Trinajstić information content (AvgIpc) is 2.40. The molecule has 0 aromatic carbocycles. The SMILES string of the molecule is CC(C)Cn1ncc(NC2CCC(C)CC2C)c(Cl)c1=O. The Hall–Kier alpha value is -1.03. The van der Waals surface area contributed by atoms with Crippen LogP contribution < -0.4 is 10.9 Å². The minimum absolute atomic E-state index is 0.202. The van der Waals surface area contributed by atoms with Crippen molar-refractivity contribution in [2.45, 2.75) is 59.5 Å². The molecule has 4 nitrogen and oxygen atoms in total. The lowest BCUT2D eigenvalue weighted by Gasteiger charge is -2.33. The van der Waals surface area contributed by atoms with Crippen LogP contribution in [0.15, 0.2) is 11.0 Å². The molecular formula is C16H26ClN3O. The molecule has 5 heteroatoms. The molecule has 3 unspecified atom stereocenters. The molecular weight excluding hydrogens is 286 g/mol. The summed E-state index contributed by atoms with van der Waals surface area (Å²) in [6, 6.07) is 0.376. The summed E-state index contributed by atoms with van der Waals surface area (Å²) in [5.41, 5.74) is 0.472. The fourth-order valence-corrected chi connectivity index (χ4v) is 3.32. The van der Waals surface area contributed by atoms with E-state index in [1.54, 1.807) is 6.20 Å². The van der Waals surface area contributed by atoms with Gasteiger partial charge in [0.1, 0.15) is 5.02 Å². The van der Waals surface area contributed by atoms with Crippen molar-refractivity contribution in [3.8, 4) is 0 Å². The van der Waals surface area contributed by atoms with E-state index in [-0.39, 0.29) is 10.6 Å². The summed E-state index contributed by atoms with van der Waals surface area (Å²) >= 11 is 6.24. The second-order valence-corrected chi connectivity index (χ2v) is 7.28. The second-order valence-electron chi connectivity index (χ2n) is 6.90. The predicted molar refractivity (Wildman–Crippen MR) is 87.9 cm³/mol. The largest absolute Gasteiger partial charge is 0.379 e. The average molecular weight is 312 g/mol. The Balaban J connectivity index is 2.14. The van der Waals surface area contributed by atoms with Crippen molar-refractivity contribution < 1.29 is 0 Å². The Morgan fingerprint density at radius 1 is 1.43 bits per heavy atom. The summed E-state index contributed by atoms with van der Waals surface area (Å²) in [5.74, 6) is 1.73. The lowest BCUT2D eigenvalue weighted by Crippen LogP contribution is -2.34. The molecule has 1 aromatic rings. The first-order chi connectivity index (χ1) is 9.88. The monoisotopic (exact) mass is 311 g/mol. The van der Waals surface area contributed by atoms with E-state index in [0.717, 1.165) is 12.3 Å². The normalized spacial score (nSPS) is 26.1. The van der Waals surface area contributed by atoms with E-state index in [9.17, 15) is 4.79 Å². The summed E-state index contributed by atoms with van der Waals surface area (Å²) in [7, 11) is 0. The molecule has 1 heterocycles. The summed E-state index contributed by atoms with van der Waals surface area (Å²) in [4.78, 5) is 12.2. The number of halogens is 1. The molecule has 0 saturated heterocycles. The van der Waals surface area contributed by atoms with Gasteiger partial charge in [-0.05, 0) is 37.0 Å². The van der Waals surface area contributed by atoms with Gasteiger partial charge in [0.15, 0.2) is 0 Å². The van der Waals surface area contributed by atoms with Gasteiger partial charge >= 0.3 is 0 Å². The summed E-state index contributed by atoms with van der Waals surface area (Å²) < 4.78 is 1.45. The van der Waals surface area contributed by atoms with Gasteiger partial charge in [-0.25, -0.2) is 4.68 Å². The maximum absolute atomic E-state index is 12.2. The first kappa shape index (κ1) is 16.3. The third-order valence-electron chi connectivity index (χ3n) is 4.30. The third-order valence-corrected chi connectivity index (χ3v) is 4.66. The Labute approximate surface area is 131 Å². The highest BCUT2D eigenvalue weighted by Crippen LogP contribution is 2.31. The van der Waals surface area contributed by atoms with Crippen molar-refractivity contribution in [1.82, 2.24) is 9.78 Å². The molecule has 1 fully saturated rings. The molecule has 1 aliphatic rings. The van der Waals surface area contributed by atoms with Crippen LogP contribution >= 0.6 is 11.6 Å². The van der Waals surface area contributed by atoms with Crippen molar-refractivity contribution in [1.29, 1.82) is 0 Å². The van der Waals surface area contributed by atoms with Crippen LogP contribution in [0.3, 0.4) is 0 Å². The van der Waals surface area contributed by atoms with Gasteiger partial charge in [0.2, 0.25) is 0 Å². The van der Waals surface area contributed by atoms with Gasteiger partial charge < -0.3 is 5.32 Å². The molecule has 0 amide bonds. The number of nitrogens with one attached hydrogen (secondary N) is 1. The molecule has 1 aromatic heterocycles. The zero-order chi connectivity index (χ0) is 15.6. The van der Waals surface area contributed by atoms with Crippen LogP contribution in [0.4, 0.5) is 5.69 Å². The van der Waals surface area contributed by atoms with Crippen molar-refractivity contribution in [3.05, 3.63) is 21.6 Å². The van der Waals surface area contributed by atoms with Crippen LogP contribution in [-0.4, -0.2) is 15.8 Å². The van der Waals surface area contributed by atoms with Crippen LogP contribution in [0.2, 0.25) is 5.02 Å². The Morgan fingerprint density at radius 2 is 2.14 bits per heavy atom. The van der Waals surface area contributed by atoms with Gasteiger partial charge in [-0.1, -0.05) is 39.3 Å². The van der Waals surface area contributed by atoms with Gasteiger partial charge in [0.25, 0.3) is 5.56 Å². The quantitative estimate of drug-likeness (QED) is 0.920. The minimum atomic E-state index is -0.202. The first-order valence-corrected chi connectivity index (χ1v) is 8.28. The van der Waals surface area contributed by atoms with E-state index in [1.807, 2.05) is 0 Å². The zero-order valence-corrected chi connectivity index (χ0v) is 14.2. The van der Waals surface area contributed by atoms with Gasteiger partial charge in [-0.2, -0.15) is 5.10 Å². The summed E-state index contributed by atoms with van der Waals surface area (Å²) in [5, 5.41) is 7.94. The van der Waals surface area contributed by atoms with Gasteiger partial charge in [0, 0.05) is 12.6 Å². The highest BCUT2D eigenvalue weighted by atomic mass is 35.5. The van der Waals surface area contributed by atoms with E-state index >= 15 is 0 Å². The van der Waals surface area contributed by atoms with Crippen LogP contribution in [-0.2, 0) is 6.54 Å². The summed E-state index contributed by atoms with van der Waals surface area (Å²) in [6.07, 6.45) is 5.25. The molecule has 1 saturated carbocycles. The van der Waals surface area contributed by atoms with E-state index in [2.05, 4.69) is 38.1 Å². The molecule has 118 valence electrons. The molecule has 2 rings (SSSR count). The van der Waals surface area contributed by atoms with Crippen molar-refractivity contribution in [2.24, 2.45) is 17.8 Å². The topological polar surface area (TPSA) is 46.9 Å². The van der Waals surface area contributed by atoms with Gasteiger partial charge in [0.05, 0.1) is 11.9 Å². The maximum atomic E-state index is 12.2.